The van der Waals surface area contributed by atoms with Gasteiger partial charge in [-0.1, -0.05) is 0 Å². The van der Waals surface area contributed by atoms with Crippen LogP contribution >= 0.6 is 0 Å². The summed E-state index contributed by atoms with van der Waals surface area (Å²) in [5.74, 6) is 2.76. The van der Waals surface area contributed by atoms with Gasteiger partial charge in [0.2, 0.25) is 5.91 Å². The maximum absolute atomic E-state index is 11.8. The smallest absolute Gasteiger partial charge is 0.228 e. The van der Waals surface area contributed by atoms with E-state index in [4.69, 9.17) is 0 Å². The second kappa shape index (κ2) is 3.08. The van der Waals surface area contributed by atoms with Gasteiger partial charge in [0.1, 0.15) is 0 Å². The van der Waals surface area contributed by atoms with E-state index in [0.29, 0.717) is 5.82 Å². The van der Waals surface area contributed by atoms with E-state index in [-0.39, 0.29) is 11.8 Å². The average Bonchev–Trinajstić information content (AvgIpc) is 2.61. The molecule has 0 aliphatic heterocycles. The molecule has 2 unspecified atom stereocenters. The third-order valence-electron chi connectivity index (χ3n) is 3.58. The molecular formula is C11H15N3O. The molecule has 2 fully saturated rings. The molecule has 1 aromatic heterocycles. The maximum Gasteiger partial charge on any atom is 0.228 e. The predicted molar refractivity (Wildman–Crippen MR) is 56.2 cm³/mol. The summed E-state index contributed by atoms with van der Waals surface area (Å²) in [6, 6.07) is 1.83. The number of anilines is 1. The van der Waals surface area contributed by atoms with Crippen molar-refractivity contribution in [3.05, 3.63) is 12.3 Å². The third kappa shape index (κ3) is 1.64. The zero-order valence-electron chi connectivity index (χ0n) is 8.81. The van der Waals surface area contributed by atoms with E-state index in [2.05, 4.69) is 10.4 Å². The van der Waals surface area contributed by atoms with Gasteiger partial charge in [0, 0.05) is 25.2 Å². The van der Waals surface area contributed by atoms with E-state index in [1.807, 2.05) is 19.3 Å². The van der Waals surface area contributed by atoms with Crippen molar-refractivity contribution >= 4 is 11.7 Å². The van der Waals surface area contributed by atoms with E-state index in [0.717, 1.165) is 24.7 Å². The number of nitrogens with zero attached hydrogens (tertiary/aromatic N) is 2. The Morgan fingerprint density at radius 1 is 1.47 bits per heavy atom. The number of rotatable bonds is 2. The largest absolute Gasteiger partial charge is 0.309 e. The summed E-state index contributed by atoms with van der Waals surface area (Å²) < 4.78 is 1.70. The second-order valence-electron chi connectivity index (χ2n) is 4.79. The van der Waals surface area contributed by atoms with Crippen molar-refractivity contribution in [2.45, 2.75) is 19.3 Å². The van der Waals surface area contributed by atoms with Gasteiger partial charge in [0.25, 0.3) is 0 Å². The minimum absolute atomic E-state index is 0.154. The number of aromatic nitrogens is 2. The maximum atomic E-state index is 11.8. The first-order valence-electron chi connectivity index (χ1n) is 5.53. The topological polar surface area (TPSA) is 46.9 Å². The Kier molecular flexibility index (Phi) is 1.84. The normalized spacial score (nSPS) is 32.5. The fraction of sp³-hybridized carbons (Fsp3) is 0.636. The van der Waals surface area contributed by atoms with Gasteiger partial charge in [-0.25, -0.2) is 0 Å². The first kappa shape index (κ1) is 8.95. The highest BCUT2D eigenvalue weighted by molar-refractivity contribution is 5.91. The van der Waals surface area contributed by atoms with E-state index in [9.17, 15) is 4.79 Å². The van der Waals surface area contributed by atoms with Gasteiger partial charge in [0.15, 0.2) is 5.82 Å². The van der Waals surface area contributed by atoms with Gasteiger partial charge in [0.05, 0.1) is 0 Å². The molecule has 1 amide bonds. The molecule has 3 rings (SSSR count). The Hall–Kier alpha value is -1.32. The van der Waals surface area contributed by atoms with Crippen molar-refractivity contribution in [2.24, 2.45) is 24.8 Å². The van der Waals surface area contributed by atoms with Crippen molar-refractivity contribution in [3.8, 4) is 0 Å². The van der Waals surface area contributed by atoms with Gasteiger partial charge in [-0.15, -0.1) is 0 Å². The van der Waals surface area contributed by atoms with Crippen molar-refractivity contribution in [3.63, 3.8) is 0 Å². The Morgan fingerprint density at radius 2 is 2.20 bits per heavy atom. The van der Waals surface area contributed by atoms with E-state index < -0.39 is 0 Å². The van der Waals surface area contributed by atoms with Crippen molar-refractivity contribution in [2.75, 3.05) is 5.32 Å². The van der Waals surface area contributed by atoms with Crippen LogP contribution in [0.2, 0.25) is 0 Å². The van der Waals surface area contributed by atoms with Crippen LogP contribution in [0.4, 0.5) is 5.82 Å². The van der Waals surface area contributed by atoms with Crippen molar-refractivity contribution < 1.29 is 4.79 Å². The molecular weight excluding hydrogens is 190 g/mol. The molecule has 0 radical (unpaired) electrons. The third-order valence-corrected chi connectivity index (χ3v) is 3.58. The molecule has 0 aromatic carbocycles. The second-order valence-corrected chi connectivity index (χ2v) is 4.79. The predicted octanol–water partition coefficient (Wildman–Crippen LogP) is 1.40. The molecule has 0 spiro atoms. The number of hydrogen-bond acceptors (Lipinski definition) is 2. The fourth-order valence-electron chi connectivity index (χ4n) is 2.64. The van der Waals surface area contributed by atoms with Gasteiger partial charge < -0.3 is 5.32 Å². The van der Waals surface area contributed by atoms with E-state index in [1.54, 1.807) is 4.68 Å². The highest BCUT2D eigenvalue weighted by atomic mass is 16.2. The summed E-state index contributed by atoms with van der Waals surface area (Å²) in [4.78, 5) is 11.8. The highest BCUT2D eigenvalue weighted by Crippen LogP contribution is 2.54. The fourth-order valence-corrected chi connectivity index (χ4v) is 2.64. The van der Waals surface area contributed by atoms with Crippen LogP contribution in [-0.4, -0.2) is 15.7 Å². The lowest BCUT2D eigenvalue weighted by Gasteiger charge is -2.10. The van der Waals surface area contributed by atoms with Crippen LogP contribution in [0.15, 0.2) is 12.3 Å². The van der Waals surface area contributed by atoms with Gasteiger partial charge >= 0.3 is 0 Å². The van der Waals surface area contributed by atoms with Gasteiger partial charge in [-0.3, -0.25) is 9.48 Å². The molecule has 80 valence electrons. The molecule has 0 saturated heterocycles. The molecule has 1 aromatic rings. The molecule has 2 aliphatic rings. The molecule has 2 aliphatic carbocycles. The molecule has 0 bridgehead atoms. The number of aryl methyl sites for hydroxylation is 1. The molecule has 1 N–H and O–H groups in total. The monoisotopic (exact) mass is 205 g/mol. The first-order chi connectivity index (χ1) is 7.22. The Balaban J connectivity index is 1.61. The summed E-state index contributed by atoms with van der Waals surface area (Å²) >= 11 is 0. The molecule has 1 heterocycles. The quantitative estimate of drug-likeness (QED) is 0.793. The molecule has 15 heavy (non-hydrogen) atoms. The van der Waals surface area contributed by atoms with E-state index >= 15 is 0 Å². The first-order valence-corrected chi connectivity index (χ1v) is 5.53. The minimum atomic E-state index is 0.154. The number of nitrogens with one attached hydrogen (secondary N) is 1. The van der Waals surface area contributed by atoms with Crippen molar-refractivity contribution in [1.29, 1.82) is 0 Å². The molecule has 4 nitrogen and oxygen atoms in total. The van der Waals surface area contributed by atoms with Crippen LogP contribution in [0.1, 0.15) is 19.3 Å². The summed E-state index contributed by atoms with van der Waals surface area (Å²) in [7, 11) is 1.85. The number of carbonyl (C=O) groups is 1. The van der Waals surface area contributed by atoms with Crippen LogP contribution in [0.25, 0.3) is 0 Å². The summed E-state index contributed by atoms with van der Waals surface area (Å²) in [5.41, 5.74) is 0. The SMILES string of the molecule is Cn1ccc(NC(=O)C2CC3CC3C2)n1. The zero-order valence-corrected chi connectivity index (χ0v) is 8.81. The molecule has 4 heteroatoms. The number of hydrogen-bond donors (Lipinski definition) is 1. The van der Waals surface area contributed by atoms with Crippen LogP contribution in [0, 0.1) is 17.8 Å². The van der Waals surface area contributed by atoms with Crippen molar-refractivity contribution in [1.82, 2.24) is 9.78 Å². The summed E-state index contributed by atoms with van der Waals surface area (Å²) in [5, 5.41) is 7.01. The highest BCUT2D eigenvalue weighted by Gasteiger charge is 2.48. The minimum Gasteiger partial charge on any atom is -0.309 e. The summed E-state index contributed by atoms with van der Waals surface area (Å²) in [6.45, 7) is 0. The zero-order chi connectivity index (χ0) is 10.4. The Morgan fingerprint density at radius 3 is 2.80 bits per heavy atom. The van der Waals surface area contributed by atoms with Gasteiger partial charge in [-0.2, -0.15) is 5.10 Å². The molecule has 2 saturated carbocycles. The van der Waals surface area contributed by atoms with Crippen LogP contribution in [-0.2, 0) is 11.8 Å². The number of fused-ring (bicyclic) bond motifs is 1. The van der Waals surface area contributed by atoms with E-state index in [1.165, 1.54) is 6.42 Å². The lowest BCUT2D eigenvalue weighted by molar-refractivity contribution is -0.120. The standard InChI is InChI=1S/C11H15N3O/c1-14-3-2-10(13-14)12-11(15)9-5-7-4-8(7)6-9/h2-3,7-9H,4-6H2,1H3,(H,12,13,15). The lowest BCUT2D eigenvalue weighted by Crippen LogP contribution is -2.21. The number of carbonyl (C=O) groups excluding carboxylic acids is 1. The van der Waals surface area contributed by atoms with Gasteiger partial charge in [-0.05, 0) is 31.1 Å². The Labute approximate surface area is 88.7 Å². The summed E-state index contributed by atoms with van der Waals surface area (Å²) in [6.07, 6.45) is 5.36. The van der Waals surface area contributed by atoms with Crippen LogP contribution in [0.3, 0.4) is 0 Å². The molecule has 2 atom stereocenters. The number of amides is 1. The van der Waals surface area contributed by atoms with Crippen LogP contribution < -0.4 is 5.32 Å². The lowest BCUT2D eigenvalue weighted by atomic mass is 10.0. The Bertz CT molecular complexity index is 388. The average molecular weight is 205 g/mol. The van der Waals surface area contributed by atoms with Crippen LogP contribution in [0.5, 0.6) is 0 Å².